The van der Waals surface area contributed by atoms with E-state index in [2.05, 4.69) is 15.3 Å². The molecule has 1 aromatic heterocycles. The quantitative estimate of drug-likeness (QED) is 0.922. The van der Waals surface area contributed by atoms with Gasteiger partial charge in [-0.05, 0) is 37.5 Å². The standard InChI is InChI=1S/C17H18FN3O/c1-12(10-15-11-19-8-9-20-15)21-16(22)17(6-7-17)13-2-4-14(18)5-3-13/h2-5,8-9,11-12H,6-7,10H2,1H3,(H,21,22)/t12-/m1/s1. The Morgan fingerprint density at radius 1 is 1.32 bits per heavy atom. The van der Waals surface area contributed by atoms with E-state index in [1.807, 2.05) is 6.92 Å². The van der Waals surface area contributed by atoms with E-state index >= 15 is 0 Å². The van der Waals surface area contributed by atoms with Gasteiger partial charge in [0.25, 0.3) is 0 Å². The molecule has 0 radical (unpaired) electrons. The molecule has 1 fully saturated rings. The minimum absolute atomic E-state index is 0.00972. The van der Waals surface area contributed by atoms with Crippen molar-refractivity contribution in [2.45, 2.75) is 37.6 Å². The van der Waals surface area contributed by atoms with E-state index in [0.717, 1.165) is 24.1 Å². The maximum Gasteiger partial charge on any atom is 0.230 e. The molecule has 5 heteroatoms. The number of nitrogens with one attached hydrogen (secondary N) is 1. The molecular weight excluding hydrogens is 281 g/mol. The van der Waals surface area contributed by atoms with Gasteiger partial charge in [-0.15, -0.1) is 0 Å². The summed E-state index contributed by atoms with van der Waals surface area (Å²) < 4.78 is 13.0. The van der Waals surface area contributed by atoms with Crippen molar-refractivity contribution in [3.8, 4) is 0 Å². The number of carbonyl (C=O) groups is 1. The summed E-state index contributed by atoms with van der Waals surface area (Å²) in [4.78, 5) is 20.8. The van der Waals surface area contributed by atoms with Crippen molar-refractivity contribution in [1.82, 2.24) is 15.3 Å². The van der Waals surface area contributed by atoms with Crippen molar-refractivity contribution in [3.05, 3.63) is 59.9 Å². The summed E-state index contributed by atoms with van der Waals surface area (Å²) in [7, 11) is 0. The predicted octanol–water partition coefficient (Wildman–Crippen LogP) is 2.39. The highest BCUT2D eigenvalue weighted by atomic mass is 19.1. The Balaban J connectivity index is 1.65. The third-order valence-corrected chi connectivity index (χ3v) is 4.09. The lowest BCUT2D eigenvalue weighted by molar-refractivity contribution is -0.124. The van der Waals surface area contributed by atoms with E-state index in [-0.39, 0.29) is 17.8 Å². The zero-order valence-corrected chi connectivity index (χ0v) is 12.4. The first kappa shape index (κ1) is 14.6. The molecule has 22 heavy (non-hydrogen) atoms. The lowest BCUT2D eigenvalue weighted by Crippen LogP contribution is -2.41. The number of hydrogen-bond acceptors (Lipinski definition) is 3. The fraction of sp³-hybridized carbons (Fsp3) is 0.353. The zero-order valence-electron chi connectivity index (χ0n) is 12.4. The van der Waals surface area contributed by atoms with E-state index < -0.39 is 5.41 Å². The van der Waals surface area contributed by atoms with Gasteiger partial charge >= 0.3 is 0 Å². The van der Waals surface area contributed by atoms with Crippen LogP contribution in [0.25, 0.3) is 0 Å². The summed E-state index contributed by atoms with van der Waals surface area (Å²) in [6.07, 6.45) is 7.23. The Labute approximate surface area is 128 Å². The molecule has 0 spiro atoms. The van der Waals surface area contributed by atoms with Crippen molar-refractivity contribution in [2.75, 3.05) is 0 Å². The predicted molar refractivity (Wildman–Crippen MR) is 80.7 cm³/mol. The van der Waals surface area contributed by atoms with Gasteiger partial charge in [-0.1, -0.05) is 12.1 Å². The second kappa shape index (κ2) is 5.83. The Hall–Kier alpha value is -2.30. The molecule has 1 aliphatic carbocycles. The number of aromatic nitrogens is 2. The molecule has 1 amide bonds. The summed E-state index contributed by atoms with van der Waals surface area (Å²) in [5.41, 5.74) is 1.25. The Morgan fingerprint density at radius 2 is 2.05 bits per heavy atom. The van der Waals surface area contributed by atoms with Crippen LogP contribution in [0.2, 0.25) is 0 Å². The first-order valence-corrected chi connectivity index (χ1v) is 7.42. The van der Waals surface area contributed by atoms with Crippen molar-refractivity contribution >= 4 is 5.91 Å². The first-order chi connectivity index (χ1) is 10.6. The normalized spacial score (nSPS) is 16.8. The molecule has 1 heterocycles. The van der Waals surface area contributed by atoms with Gasteiger partial charge in [0.2, 0.25) is 5.91 Å². The van der Waals surface area contributed by atoms with Crippen LogP contribution in [-0.4, -0.2) is 21.9 Å². The summed E-state index contributed by atoms with van der Waals surface area (Å²) in [5, 5.41) is 3.04. The molecule has 1 aliphatic rings. The molecule has 0 aliphatic heterocycles. The molecule has 1 atom stereocenters. The van der Waals surface area contributed by atoms with Gasteiger partial charge in [0, 0.05) is 31.1 Å². The number of nitrogens with zero attached hydrogens (tertiary/aromatic N) is 2. The van der Waals surface area contributed by atoms with Crippen LogP contribution in [0, 0.1) is 5.82 Å². The van der Waals surface area contributed by atoms with Crippen LogP contribution in [0.5, 0.6) is 0 Å². The fourth-order valence-corrected chi connectivity index (χ4v) is 2.70. The number of halogens is 1. The third-order valence-electron chi connectivity index (χ3n) is 4.09. The van der Waals surface area contributed by atoms with Crippen LogP contribution in [0.1, 0.15) is 31.0 Å². The minimum Gasteiger partial charge on any atom is -0.352 e. The molecule has 1 saturated carbocycles. The third kappa shape index (κ3) is 2.98. The molecule has 3 rings (SSSR count). The molecule has 0 saturated heterocycles. The highest BCUT2D eigenvalue weighted by molar-refractivity contribution is 5.91. The first-order valence-electron chi connectivity index (χ1n) is 7.42. The largest absolute Gasteiger partial charge is 0.352 e. The van der Waals surface area contributed by atoms with Crippen molar-refractivity contribution in [3.63, 3.8) is 0 Å². The van der Waals surface area contributed by atoms with Gasteiger partial charge in [0.05, 0.1) is 11.1 Å². The maximum atomic E-state index is 13.0. The van der Waals surface area contributed by atoms with E-state index in [1.165, 1.54) is 12.1 Å². The van der Waals surface area contributed by atoms with Gasteiger partial charge in [-0.3, -0.25) is 14.8 Å². The Kier molecular flexibility index (Phi) is 3.88. The minimum atomic E-state index is -0.482. The Bertz CT molecular complexity index is 653. The molecule has 0 unspecified atom stereocenters. The maximum absolute atomic E-state index is 13.0. The Morgan fingerprint density at radius 3 is 2.64 bits per heavy atom. The zero-order chi connectivity index (χ0) is 15.6. The van der Waals surface area contributed by atoms with Gasteiger partial charge in [-0.25, -0.2) is 4.39 Å². The van der Waals surface area contributed by atoms with Crippen molar-refractivity contribution in [2.24, 2.45) is 0 Å². The summed E-state index contributed by atoms with van der Waals surface area (Å²) >= 11 is 0. The lowest BCUT2D eigenvalue weighted by atomic mass is 9.94. The van der Waals surface area contributed by atoms with Gasteiger partial charge in [0.15, 0.2) is 0 Å². The van der Waals surface area contributed by atoms with Crippen molar-refractivity contribution < 1.29 is 9.18 Å². The highest BCUT2D eigenvalue weighted by Crippen LogP contribution is 2.48. The van der Waals surface area contributed by atoms with Crippen LogP contribution in [-0.2, 0) is 16.6 Å². The fourth-order valence-electron chi connectivity index (χ4n) is 2.70. The topological polar surface area (TPSA) is 54.9 Å². The number of rotatable bonds is 5. The van der Waals surface area contributed by atoms with Crippen LogP contribution < -0.4 is 5.32 Å². The number of amides is 1. The number of hydrogen-bond donors (Lipinski definition) is 1. The molecule has 1 aromatic carbocycles. The summed E-state index contributed by atoms with van der Waals surface area (Å²) in [6.45, 7) is 1.95. The van der Waals surface area contributed by atoms with E-state index in [1.54, 1.807) is 30.7 Å². The number of carbonyl (C=O) groups excluding carboxylic acids is 1. The SMILES string of the molecule is C[C@H](Cc1cnccn1)NC(=O)C1(c2ccc(F)cc2)CC1. The average Bonchev–Trinajstić information content (AvgIpc) is 3.30. The number of benzene rings is 1. The highest BCUT2D eigenvalue weighted by Gasteiger charge is 2.51. The van der Waals surface area contributed by atoms with Gasteiger partial charge in [0.1, 0.15) is 5.82 Å². The van der Waals surface area contributed by atoms with Gasteiger partial charge < -0.3 is 5.32 Å². The van der Waals surface area contributed by atoms with Crippen LogP contribution in [0.3, 0.4) is 0 Å². The smallest absolute Gasteiger partial charge is 0.230 e. The van der Waals surface area contributed by atoms with Gasteiger partial charge in [-0.2, -0.15) is 0 Å². The molecule has 1 N–H and O–H groups in total. The van der Waals surface area contributed by atoms with E-state index in [9.17, 15) is 9.18 Å². The summed E-state index contributed by atoms with van der Waals surface area (Å²) in [5.74, 6) is -0.272. The van der Waals surface area contributed by atoms with Crippen LogP contribution >= 0.6 is 0 Å². The second-order valence-electron chi connectivity index (χ2n) is 5.86. The molecule has 2 aromatic rings. The molecular formula is C17H18FN3O. The average molecular weight is 299 g/mol. The second-order valence-corrected chi connectivity index (χ2v) is 5.86. The molecule has 0 bridgehead atoms. The van der Waals surface area contributed by atoms with Crippen molar-refractivity contribution in [1.29, 1.82) is 0 Å². The summed E-state index contributed by atoms with van der Waals surface area (Å²) in [6, 6.07) is 6.20. The van der Waals surface area contributed by atoms with E-state index in [0.29, 0.717) is 6.42 Å². The van der Waals surface area contributed by atoms with Crippen LogP contribution in [0.15, 0.2) is 42.9 Å². The van der Waals surface area contributed by atoms with E-state index in [4.69, 9.17) is 0 Å². The van der Waals surface area contributed by atoms with Crippen LogP contribution in [0.4, 0.5) is 4.39 Å². The molecule has 114 valence electrons. The monoisotopic (exact) mass is 299 g/mol. The lowest BCUT2D eigenvalue weighted by Gasteiger charge is -2.20. The molecule has 4 nitrogen and oxygen atoms in total.